The molecule has 0 fully saturated rings. The summed E-state index contributed by atoms with van der Waals surface area (Å²) in [5.74, 6) is -1.50. The van der Waals surface area contributed by atoms with E-state index in [1.807, 2.05) is 0 Å². The van der Waals surface area contributed by atoms with Gasteiger partial charge in [0.25, 0.3) is 0 Å². The molecule has 0 aliphatic rings. The Morgan fingerprint density at radius 1 is 1.22 bits per heavy atom. The summed E-state index contributed by atoms with van der Waals surface area (Å²) in [7, 11) is 0. The molecule has 2 aromatic carbocycles. The van der Waals surface area contributed by atoms with E-state index in [2.05, 4.69) is 5.32 Å². The second-order valence-corrected chi connectivity index (χ2v) is 4.07. The van der Waals surface area contributed by atoms with Crippen LogP contribution in [0.4, 0.5) is 15.8 Å². The Labute approximate surface area is 108 Å². The van der Waals surface area contributed by atoms with Crippen LogP contribution in [0.25, 0.3) is 0 Å². The number of carboxylic acids is 1. The lowest BCUT2D eigenvalue weighted by Gasteiger charge is -2.09. The van der Waals surface area contributed by atoms with Crippen LogP contribution in [0.5, 0.6) is 0 Å². The smallest absolute Gasteiger partial charge is 0.337 e. The maximum Gasteiger partial charge on any atom is 0.337 e. The molecule has 3 nitrogen and oxygen atoms in total. The SMILES string of the molecule is O=C(O)c1cc(Cl)ccc1Nc1cccc(F)c1. The van der Waals surface area contributed by atoms with Gasteiger partial charge in [-0.25, -0.2) is 9.18 Å². The van der Waals surface area contributed by atoms with Gasteiger partial charge in [0.15, 0.2) is 0 Å². The highest BCUT2D eigenvalue weighted by molar-refractivity contribution is 6.31. The summed E-state index contributed by atoms with van der Waals surface area (Å²) in [6.07, 6.45) is 0. The fraction of sp³-hybridized carbons (Fsp3) is 0. The maximum absolute atomic E-state index is 13.0. The molecule has 2 rings (SSSR count). The van der Waals surface area contributed by atoms with Gasteiger partial charge in [0.05, 0.1) is 11.3 Å². The van der Waals surface area contributed by atoms with Gasteiger partial charge in [-0.05, 0) is 36.4 Å². The second kappa shape index (κ2) is 5.06. The monoisotopic (exact) mass is 265 g/mol. The van der Waals surface area contributed by atoms with Gasteiger partial charge in [0.2, 0.25) is 0 Å². The van der Waals surface area contributed by atoms with Crippen molar-refractivity contribution in [2.45, 2.75) is 0 Å². The lowest BCUT2D eigenvalue weighted by Crippen LogP contribution is -2.02. The number of aromatic carboxylic acids is 1. The van der Waals surface area contributed by atoms with Crippen molar-refractivity contribution in [2.24, 2.45) is 0 Å². The molecule has 0 unspecified atom stereocenters. The average Bonchev–Trinajstić information content (AvgIpc) is 2.31. The third-order valence-electron chi connectivity index (χ3n) is 2.32. The highest BCUT2D eigenvalue weighted by Crippen LogP contribution is 2.24. The Hall–Kier alpha value is -2.07. The van der Waals surface area contributed by atoms with Crippen molar-refractivity contribution in [3.63, 3.8) is 0 Å². The Kier molecular flexibility index (Phi) is 3.48. The zero-order valence-electron chi connectivity index (χ0n) is 9.15. The minimum absolute atomic E-state index is 0.0340. The predicted molar refractivity (Wildman–Crippen MR) is 68.1 cm³/mol. The Bertz CT molecular complexity index is 601. The first-order valence-corrected chi connectivity index (χ1v) is 5.49. The molecule has 0 heterocycles. The molecule has 0 aromatic heterocycles. The van der Waals surface area contributed by atoms with Crippen LogP contribution in [0.1, 0.15) is 10.4 Å². The molecule has 2 N–H and O–H groups in total. The molecule has 18 heavy (non-hydrogen) atoms. The van der Waals surface area contributed by atoms with Gasteiger partial charge in [-0.1, -0.05) is 17.7 Å². The molecule has 0 amide bonds. The van der Waals surface area contributed by atoms with Crippen LogP contribution in [0.3, 0.4) is 0 Å². The average molecular weight is 266 g/mol. The number of hydrogen-bond donors (Lipinski definition) is 2. The topological polar surface area (TPSA) is 49.3 Å². The maximum atomic E-state index is 13.0. The van der Waals surface area contributed by atoms with E-state index in [9.17, 15) is 9.18 Å². The molecule has 0 atom stereocenters. The molecule has 0 saturated heterocycles. The molecule has 5 heteroatoms. The van der Waals surface area contributed by atoms with Crippen LogP contribution < -0.4 is 5.32 Å². The Morgan fingerprint density at radius 2 is 2.00 bits per heavy atom. The fourth-order valence-corrected chi connectivity index (χ4v) is 1.70. The number of anilines is 2. The molecule has 0 aliphatic carbocycles. The van der Waals surface area contributed by atoms with Crippen molar-refractivity contribution in [1.82, 2.24) is 0 Å². The number of hydrogen-bond acceptors (Lipinski definition) is 2. The Balaban J connectivity index is 2.37. The number of rotatable bonds is 3. The summed E-state index contributed by atoms with van der Waals surface area (Å²) in [4.78, 5) is 11.1. The summed E-state index contributed by atoms with van der Waals surface area (Å²) in [6, 6.07) is 10.2. The zero-order valence-corrected chi connectivity index (χ0v) is 9.91. The van der Waals surface area contributed by atoms with Crippen molar-refractivity contribution in [3.8, 4) is 0 Å². The van der Waals surface area contributed by atoms with Gasteiger partial charge in [0, 0.05) is 10.7 Å². The lowest BCUT2D eigenvalue weighted by molar-refractivity contribution is 0.0698. The fourth-order valence-electron chi connectivity index (χ4n) is 1.52. The van der Waals surface area contributed by atoms with E-state index >= 15 is 0 Å². The molecular weight excluding hydrogens is 257 g/mol. The predicted octanol–water partition coefficient (Wildman–Crippen LogP) is 3.92. The summed E-state index contributed by atoms with van der Waals surface area (Å²) >= 11 is 5.74. The van der Waals surface area contributed by atoms with Crippen molar-refractivity contribution in [1.29, 1.82) is 0 Å². The van der Waals surface area contributed by atoms with Crippen LogP contribution in [0.15, 0.2) is 42.5 Å². The molecule has 0 spiro atoms. The zero-order chi connectivity index (χ0) is 13.1. The molecule has 92 valence electrons. The van der Waals surface area contributed by atoms with Gasteiger partial charge in [0.1, 0.15) is 5.82 Å². The molecule has 0 bridgehead atoms. The van der Waals surface area contributed by atoms with Crippen molar-refractivity contribution < 1.29 is 14.3 Å². The summed E-state index contributed by atoms with van der Waals surface area (Å²) in [6.45, 7) is 0. The van der Waals surface area contributed by atoms with Gasteiger partial charge in [-0.15, -0.1) is 0 Å². The molecular formula is C13H9ClFNO2. The van der Waals surface area contributed by atoms with Gasteiger partial charge >= 0.3 is 5.97 Å². The van der Waals surface area contributed by atoms with Crippen molar-refractivity contribution in [2.75, 3.05) is 5.32 Å². The number of benzene rings is 2. The lowest BCUT2D eigenvalue weighted by atomic mass is 10.1. The van der Waals surface area contributed by atoms with Crippen molar-refractivity contribution in [3.05, 3.63) is 58.9 Å². The first kappa shape index (κ1) is 12.4. The van der Waals surface area contributed by atoms with E-state index in [4.69, 9.17) is 16.7 Å². The highest BCUT2D eigenvalue weighted by Gasteiger charge is 2.11. The second-order valence-electron chi connectivity index (χ2n) is 3.63. The van der Waals surface area contributed by atoms with E-state index in [1.54, 1.807) is 12.1 Å². The third-order valence-corrected chi connectivity index (χ3v) is 2.55. The van der Waals surface area contributed by atoms with Crippen molar-refractivity contribution >= 4 is 28.9 Å². The normalized spacial score (nSPS) is 10.1. The van der Waals surface area contributed by atoms with Crippen LogP contribution in [0, 0.1) is 5.82 Å². The third kappa shape index (κ3) is 2.78. The van der Waals surface area contributed by atoms with E-state index in [-0.39, 0.29) is 5.56 Å². The first-order valence-electron chi connectivity index (χ1n) is 5.12. The first-order chi connectivity index (χ1) is 8.56. The Morgan fingerprint density at radius 3 is 2.67 bits per heavy atom. The minimum Gasteiger partial charge on any atom is -0.478 e. The molecule has 2 aromatic rings. The quantitative estimate of drug-likeness (QED) is 0.884. The molecule has 0 saturated carbocycles. The summed E-state index contributed by atoms with van der Waals surface area (Å²) < 4.78 is 13.0. The van der Waals surface area contributed by atoms with Crippen LogP contribution in [0.2, 0.25) is 5.02 Å². The highest BCUT2D eigenvalue weighted by atomic mass is 35.5. The summed E-state index contributed by atoms with van der Waals surface area (Å²) in [5, 5.41) is 12.2. The van der Waals surface area contributed by atoms with Gasteiger partial charge in [-0.3, -0.25) is 0 Å². The van der Waals surface area contributed by atoms with Gasteiger partial charge in [-0.2, -0.15) is 0 Å². The number of carboxylic acid groups (broad SMARTS) is 1. The van der Waals surface area contributed by atoms with E-state index < -0.39 is 11.8 Å². The summed E-state index contributed by atoms with van der Waals surface area (Å²) in [5.41, 5.74) is 0.865. The molecule has 0 radical (unpaired) electrons. The minimum atomic E-state index is -1.10. The van der Waals surface area contributed by atoms with Gasteiger partial charge < -0.3 is 10.4 Å². The number of nitrogens with one attached hydrogen (secondary N) is 1. The molecule has 0 aliphatic heterocycles. The largest absolute Gasteiger partial charge is 0.478 e. The van der Waals surface area contributed by atoms with Crippen LogP contribution >= 0.6 is 11.6 Å². The van der Waals surface area contributed by atoms with Crippen LogP contribution in [-0.2, 0) is 0 Å². The number of carbonyl (C=O) groups is 1. The van der Waals surface area contributed by atoms with Crippen LogP contribution in [-0.4, -0.2) is 11.1 Å². The number of halogens is 2. The van der Waals surface area contributed by atoms with E-state index in [1.165, 1.54) is 30.3 Å². The standard InChI is InChI=1S/C13H9ClFNO2/c14-8-4-5-12(11(6-8)13(17)18)16-10-3-1-2-9(15)7-10/h1-7,16H,(H,17,18). The van der Waals surface area contributed by atoms with E-state index in [0.717, 1.165) is 0 Å². The van der Waals surface area contributed by atoms with E-state index in [0.29, 0.717) is 16.4 Å².